The van der Waals surface area contributed by atoms with Crippen molar-refractivity contribution in [3.8, 4) is 11.5 Å². The van der Waals surface area contributed by atoms with Gasteiger partial charge >= 0.3 is 0 Å². The molecule has 3 aromatic rings. The molecule has 0 saturated carbocycles. The van der Waals surface area contributed by atoms with E-state index < -0.39 is 0 Å². The molecule has 174 valence electrons. The van der Waals surface area contributed by atoms with Crippen LogP contribution in [0.4, 0.5) is 4.39 Å². The molecular formula is C27H30ClFN2O2. The maximum atomic E-state index is 13.7. The van der Waals surface area contributed by atoms with Crippen molar-refractivity contribution >= 4 is 11.6 Å². The normalized spacial score (nSPS) is 17.2. The summed E-state index contributed by atoms with van der Waals surface area (Å²) >= 11 is 6.41. The van der Waals surface area contributed by atoms with E-state index in [1.165, 1.54) is 23.3 Å². The predicted molar refractivity (Wildman–Crippen MR) is 130 cm³/mol. The highest BCUT2D eigenvalue weighted by molar-refractivity contribution is 6.31. The number of methoxy groups -OCH3 is 2. The van der Waals surface area contributed by atoms with Gasteiger partial charge < -0.3 is 9.47 Å². The van der Waals surface area contributed by atoms with Gasteiger partial charge in [-0.05, 0) is 60.4 Å². The van der Waals surface area contributed by atoms with Gasteiger partial charge in [0.25, 0.3) is 0 Å². The maximum absolute atomic E-state index is 13.7. The minimum Gasteiger partial charge on any atom is -0.497 e. The third-order valence-corrected chi connectivity index (χ3v) is 6.67. The van der Waals surface area contributed by atoms with Crippen molar-refractivity contribution in [2.24, 2.45) is 0 Å². The topological polar surface area (TPSA) is 24.9 Å². The molecule has 1 aliphatic rings. The van der Waals surface area contributed by atoms with Crippen LogP contribution in [0.3, 0.4) is 0 Å². The summed E-state index contributed by atoms with van der Waals surface area (Å²) < 4.78 is 25.0. The van der Waals surface area contributed by atoms with E-state index >= 15 is 0 Å². The third kappa shape index (κ3) is 5.32. The van der Waals surface area contributed by atoms with Crippen molar-refractivity contribution in [1.82, 2.24) is 9.80 Å². The summed E-state index contributed by atoms with van der Waals surface area (Å²) in [5, 5.41) is 0.447. The largest absolute Gasteiger partial charge is 0.497 e. The molecule has 1 saturated heterocycles. The van der Waals surface area contributed by atoms with Gasteiger partial charge in [0.2, 0.25) is 0 Å². The minimum absolute atomic E-state index is 0.0514. The Morgan fingerprint density at radius 2 is 1.64 bits per heavy atom. The Morgan fingerprint density at radius 3 is 2.30 bits per heavy atom. The number of hydrogen-bond donors (Lipinski definition) is 0. The first-order valence-corrected chi connectivity index (χ1v) is 11.6. The molecule has 0 unspecified atom stereocenters. The van der Waals surface area contributed by atoms with E-state index in [1.807, 2.05) is 12.1 Å². The van der Waals surface area contributed by atoms with Gasteiger partial charge in [0.1, 0.15) is 17.3 Å². The Labute approximate surface area is 200 Å². The van der Waals surface area contributed by atoms with E-state index in [9.17, 15) is 4.39 Å². The Bertz CT molecular complexity index is 1110. The van der Waals surface area contributed by atoms with Crippen molar-refractivity contribution in [3.63, 3.8) is 0 Å². The lowest BCUT2D eigenvalue weighted by molar-refractivity contribution is -0.0105. The molecule has 0 spiro atoms. The fraction of sp³-hybridized carbons (Fsp3) is 0.333. The van der Waals surface area contributed by atoms with Crippen LogP contribution in [-0.4, -0.2) is 37.1 Å². The first-order chi connectivity index (χ1) is 16.0. The number of aryl methyl sites for hydroxylation is 1. The van der Waals surface area contributed by atoms with Crippen LogP contribution >= 0.6 is 11.6 Å². The molecule has 0 bridgehead atoms. The Morgan fingerprint density at radius 1 is 0.909 bits per heavy atom. The quantitative estimate of drug-likeness (QED) is 0.411. The van der Waals surface area contributed by atoms with Crippen molar-refractivity contribution in [2.45, 2.75) is 32.6 Å². The molecule has 4 rings (SSSR count). The fourth-order valence-electron chi connectivity index (χ4n) is 4.59. The zero-order valence-corrected chi connectivity index (χ0v) is 20.1. The highest BCUT2D eigenvalue weighted by atomic mass is 35.5. The van der Waals surface area contributed by atoms with E-state index in [0.29, 0.717) is 11.6 Å². The van der Waals surface area contributed by atoms with Gasteiger partial charge in [-0.1, -0.05) is 41.9 Å². The van der Waals surface area contributed by atoms with Crippen molar-refractivity contribution in [3.05, 3.63) is 93.8 Å². The second-order valence-electron chi connectivity index (χ2n) is 8.44. The number of hydrogen-bond acceptors (Lipinski definition) is 4. The van der Waals surface area contributed by atoms with Gasteiger partial charge in [0.15, 0.2) is 0 Å². The number of rotatable bonds is 7. The summed E-state index contributed by atoms with van der Waals surface area (Å²) in [6, 6.07) is 19.0. The lowest BCUT2D eigenvalue weighted by Crippen LogP contribution is -2.47. The highest BCUT2D eigenvalue weighted by Crippen LogP contribution is 2.39. The number of nitrogens with zero attached hydrogens (tertiary/aromatic N) is 2. The monoisotopic (exact) mass is 468 g/mol. The average Bonchev–Trinajstić information content (AvgIpc) is 2.82. The summed E-state index contributed by atoms with van der Waals surface area (Å²) in [5.41, 5.74) is 4.52. The summed E-state index contributed by atoms with van der Waals surface area (Å²) in [6.45, 7) is 5.41. The van der Waals surface area contributed by atoms with Crippen LogP contribution in [0.25, 0.3) is 0 Å². The van der Waals surface area contributed by atoms with Gasteiger partial charge in [-0.2, -0.15) is 0 Å². The fourth-order valence-corrected chi connectivity index (χ4v) is 4.82. The molecule has 4 nitrogen and oxygen atoms in total. The predicted octanol–water partition coefficient (Wildman–Crippen LogP) is 6.21. The second-order valence-corrected chi connectivity index (χ2v) is 8.85. The van der Waals surface area contributed by atoms with Gasteiger partial charge in [0, 0.05) is 36.8 Å². The second kappa shape index (κ2) is 10.6. The minimum atomic E-state index is -0.324. The molecule has 33 heavy (non-hydrogen) atoms. The van der Waals surface area contributed by atoms with Gasteiger partial charge in [0.05, 0.1) is 20.4 Å². The molecule has 6 heteroatoms. The molecule has 0 aliphatic carbocycles. The van der Waals surface area contributed by atoms with Crippen LogP contribution in [0, 0.1) is 12.7 Å². The zero-order valence-electron chi connectivity index (χ0n) is 19.4. The number of ether oxygens (including phenoxy) is 2. The summed E-state index contributed by atoms with van der Waals surface area (Å²) in [4.78, 5) is 4.86. The standard InChI is InChI=1S/C27H30ClFN2O2/c1-19-7-4-5-8-20(19)17-30-13-6-14-31(18-21-9-10-22(29)15-25(21)28)27(30)24-16-23(32-2)11-12-26(24)33-3/h4-5,7-12,15-16,27H,6,13-14,17-18H2,1-3H3/t27-/m0/s1. The first-order valence-electron chi connectivity index (χ1n) is 11.2. The van der Waals surface area contributed by atoms with E-state index in [-0.39, 0.29) is 12.0 Å². The van der Waals surface area contributed by atoms with E-state index in [0.717, 1.165) is 48.7 Å². The first kappa shape index (κ1) is 23.6. The molecule has 1 heterocycles. The third-order valence-electron chi connectivity index (χ3n) is 6.32. The lowest BCUT2D eigenvalue weighted by Gasteiger charge is -2.45. The van der Waals surface area contributed by atoms with Crippen molar-refractivity contribution < 1.29 is 13.9 Å². The molecule has 1 fully saturated rings. The molecule has 0 radical (unpaired) electrons. The number of halogens is 2. The summed E-state index contributed by atoms with van der Waals surface area (Å²) in [7, 11) is 3.37. The van der Waals surface area contributed by atoms with Crippen molar-refractivity contribution in [1.29, 1.82) is 0 Å². The van der Waals surface area contributed by atoms with Crippen LogP contribution in [-0.2, 0) is 13.1 Å². The van der Waals surface area contributed by atoms with Crippen LogP contribution in [0.5, 0.6) is 11.5 Å². The number of benzene rings is 3. The SMILES string of the molecule is COc1ccc(OC)c([C@H]2N(Cc3ccccc3C)CCCN2Cc2ccc(F)cc2Cl)c1. The van der Waals surface area contributed by atoms with Crippen LogP contribution in [0.15, 0.2) is 60.7 Å². The molecule has 0 aromatic heterocycles. The zero-order chi connectivity index (χ0) is 23.4. The average molecular weight is 469 g/mol. The van der Waals surface area contributed by atoms with Gasteiger partial charge in [-0.25, -0.2) is 4.39 Å². The Hall–Kier alpha value is -2.60. The molecule has 1 aliphatic heterocycles. The molecular weight excluding hydrogens is 439 g/mol. The van der Waals surface area contributed by atoms with E-state index in [4.69, 9.17) is 21.1 Å². The smallest absolute Gasteiger partial charge is 0.125 e. The maximum Gasteiger partial charge on any atom is 0.125 e. The van der Waals surface area contributed by atoms with Crippen LogP contribution in [0.1, 0.15) is 34.8 Å². The molecule has 1 atom stereocenters. The Kier molecular flexibility index (Phi) is 7.53. The van der Waals surface area contributed by atoms with Crippen molar-refractivity contribution in [2.75, 3.05) is 27.3 Å². The van der Waals surface area contributed by atoms with Gasteiger partial charge in [-0.15, -0.1) is 0 Å². The summed E-state index contributed by atoms with van der Waals surface area (Å²) in [5.74, 6) is 1.27. The van der Waals surface area contributed by atoms with Gasteiger partial charge in [-0.3, -0.25) is 9.80 Å². The van der Waals surface area contributed by atoms with Crippen LogP contribution in [0.2, 0.25) is 5.02 Å². The molecule has 0 N–H and O–H groups in total. The van der Waals surface area contributed by atoms with E-state index in [2.05, 4.69) is 47.1 Å². The lowest BCUT2D eigenvalue weighted by atomic mass is 10.0. The highest BCUT2D eigenvalue weighted by Gasteiger charge is 2.33. The van der Waals surface area contributed by atoms with E-state index in [1.54, 1.807) is 20.3 Å². The summed E-state index contributed by atoms with van der Waals surface area (Å²) in [6.07, 6.45) is 0.970. The van der Waals surface area contributed by atoms with Crippen LogP contribution < -0.4 is 9.47 Å². The molecule has 0 amide bonds. The molecule has 3 aromatic carbocycles. The Balaban J connectivity index is 1.75.